The Morgan fingerprint density at radius 3 is 2.86 bits per heavy atom. The lowest BCUT2D eigenvalue weighted by Gasteiger charge is -2.29. The van der Waals surface area contributed by atoms with E-state index >= 15 is 0 Å². The van der Waals surface area contributed by atoms with Crippen LogP contribution in [-0.2, 0) is 0 Å². The number of benzene rings is 1. The summed E-state index contributed by atoms with van der Waals surface area (Å²) in [6, 6.07) is 5.37. The van der Waals surface area contributed by atoms with Crippen molar-refractivity contribution >= 4 is 23.5 Å². The number of rotatable bonds is 2. The quantitative estimate of drug-likeness (QED) is 0.900. The maximum Gasteiger partial charge on any atom is 0.261 e. The van der Waals surface area contributed by atoms with Crippen LogP contribution in [0.1, 0.15) is 30.5 Å². The summed E-state index contributed by atoms with van der Waals surface area (Å²) in [4.78, 5) is 4.49. The van der Waals surface area contributed by atoms with Gasteiger partial charge in [0, 0.05) is 16.3 Å². The van der Waals surface area contributed by atoms with Crippen LogP contribution < -0.4 is 0 Å². The molecular weight excluding hydrogens is 304 g/mol. The van der Waals surface area contributed by atoms with Crippen molar-refractivity contribution in [1.29, 1.82) is 0 Å². The number of nitrogens with zero attached hydrogens (tertiary/aromatic N) is 2. The van der Waals surface area contributed by atoms with E-state index in [2.05, 4.69) is 24.0 Å². The summed E-state index contributed by atoms with van der Waals surface area (Å²) in [5.74, 6) is 2.28. The molecule has 3 atom stereocenters. The van der Waals surface area contributed by atoms with Gasteiger partial charge in [-0.05, 0) is 19.1 Å². The summed E-state index contributed by atoms with van der Waals surface area (Å²) in [5, 5.41) is 15.5. The zero-order valence-electron chi connectivity index (χ0n) is 12.2. The molecule has 1 aromatic heterocycles. The van der Waals surface area contributed by atoms with E-state index in [1.165, 1.54) is 0 Å². The zero-order valence-corrected chi connectivity index (χ0v) is 13.9. The number of aromatic hydroxyl groups is 1. The Balaban J connectivity index is 1.85. The highest BCUT2D eigenvalue weighted by molar-refractivity contribution is 8.07. The first-order valence-electron chi connectivity index (χ1n) is 6.95. The van der Waals surface area contributed by atoms with Gasteiger partial charge in [-0.25, -0.2) is 0 Å². The molecule has 1 saturated heterocycles. The lowest BCUT2D eigenvalue weighted by molar-refractivity contribution is 0.417. The molecule has 0 bridgehead atoms. The zero-order chi connectivity index (χ0) is 15.0. The fraction of sp³-hybridized carbons (Fsp3) is 0.467. The third-order valence-corrected chi connectivity index (χ3v) is 7.05. The molecule has 1 aliphatic rings. The molecule has 6 heteroatoms. The predicted molar refractivity (Wildman–Crippen MR) is 87.8 cm³/mol. The van der Waals surface area contributed by atoms with Gasteiger partial charge in [0.25, 0.3) is 5.89 Å². The van der Waals surface area contributed by atoms with E-state index in [1.54, 1.807) is 6.07 Å². The smallest absolute Gasteiger partial charge is 0.261 e. The normalized spacial score (nSPS) is 26.0. The molecule has 1 fully saturated rings. The molecular formula is C15H18N2O2S2. The molecule has 2 aromatic rings. The standard InChI is InChI=1S/C15H18N2O2S2/c1-8-4-5-12(18)11(6-8)15-16-14(17-19-15)13-7-20-9(2)10(3)21-13/h4-6,9-10,13,18H,7H2,1-3H3. The fourth-order valence-corrected chi connectivity index (χ4v) is 5.05. The lowest BCUT2D eigenvalue weighted by Crippen LogP contribution is -2.22. The van der Waals surface area contributed by atoms with Crippen molar-refractivity contribution in [3.63, 3.8) is 0 Å². The fourth-order valence-electron chi connectivity index (χ4n) is 2.22. The largest absolute Gasteiger partial charge is 0.507 e. The summed E-state index contributed by atoms with van der Waals surface area (Å²) < 4.78 is 5.36. The van der Waals surface area contributed by atoms with Crippen molar-refractivity contribution in [3.05, 3.63) is 29.6 Å². The van der Waals surface area contributed by atoms with E-state index in [1.807, 2.05) is 42.6 Å². The van der Waals surface area contributed by atoms with Crippen LogP contribution in [0.25, 0.3) is 11.5 Å². The van der Waals surface area contributed by atoms with Gasteiger partial charge >= 0.3 is 0 Å². The van der Waals surface area contributed by atoms with Gasteiger partial charge in [0.1, 0.15) is 5.75 Å². The van der Waals surface area contributed by atoms with Crippen LogP contribution in [-0.4, -0.2) is 31.5 Å². The average molecular weight is 322 g/mol. The van der Waals surface area contributed by atoms with E-state index in [0.717, 1.165) is 17.1 Å². The number of aryl methyl sites for hydroxylation is 1. The van der Waals surface area contributed by atoms with E-state index < -0.39 is 0 Å². The molecule has 0 spiro atoms. The van der Waals surface area contributed by atoms with Crippen LogP contribution in [0, 0.1) is 6.92 Å². The van der Waals surface area contributed by atoms with Gasteiger partial charge in [0.05, 0.1) is 10.8 Å². The predicted octanol–water partition coefficient (Wildman–Crippen LogP) is 4.05. The van der Waals surface area contributed by atoms with Crippen LogP contribution in [0.2, 0.25) is 0 Å². The minimum Gasteiger partial charge on any atom is -0.507 e. The van der Waals surface area contributed by atoms with E-state index in [0.29, 0.717) is 22.0 Å². The van der Waals surface area contributed by atoms with Gasteiger partial charge in [-0.3, -0.25) is 0 Å². The summed E-state index contributed by atoms with van der Waals surface area (Å²) in [6.45, 7) is 6.46. The van der Waals surface area contributed by atoms with Gasteiger partial charge in [0.15, 0.2) is 5.82 Å². The van der Waals surface area contributed by atoms with Gasteiger partial charge in [-0.1, -0.05) is 30.6 Å². The van der Waals surface area contributed by atoms with Crippen molar-refractivity contribution in [2.24, 2.45) is 0 Å². The molecule has 0 aliphatic carbocycles. The van der Waals surface area contributed by atoms with Gasteiger partial charge < -0.3 is 9.63 Å². The average Bonchev–Trinajstić information content (AvgIpc) is 2.94. The first kappa shape index (κ1) is 14.8. The Hall–Kier alpha value is -1.14. The summed E-state index contributed by atoms with van der Waals surface area (Å²) in [7, 11) is 0. The number of hydrogen-bond acceptors (Lipinski definition) is 6. The second-order valence-electron chi connectivity index (χ2n) is 5.35. The minimum atomic E-state index is 0.170. The summed E-state index contributed by atoms with van der Waals surface area (Å²) in [6.07, 6.45) is 0. The SMILES string of the molecule is Cc1ccc(O)c(-c2nc(C3CSC(C)C(C)S3)no2)c1. The lowest BCUT2D eigenvalue weighted by atomic mass is 10.1. The number of phenolic OH excluding ortho intramolecular Hbond substituents is 1. The molecule has 0 radical (unpaired) electrons. The third-order valence-electron chi connectivity index (χ3n) is 3.66. The Morgan fingerprint density at radius 1 is 1.29 bits per heavy atom. The number of hydrogen-bond donors (Lipinski definition) is 1. The Labute approximate surface area is 132 Å². The Morgan fingerprint density at radius 2 is 2.10 bits per heavy atom. The highest BCUT2D eigenvalue weighted by atomic mass is 32.2. The number of thioether (sulfide) groups is 2. The van der Waals surface area contributed by atoms with Crippen LogP contribution in [0.5, 0.6) is 5.75 Å². The molecule has 0 amide bonds. The van der Waals surface area contributed by atoms with Crippen molar-refractivity contribution in [3.8, 4) is 17.2 Å². The number of phenols is 1. The Kier molecular flexibility index (Phi) is 4.17. The van der Waals surface area contributed by atoms with Crippen LogP contribution in [0.15, 0.2) is 22.7 Å². The van der Waals surface area contributed by atoms with Crippen molar-refractivity contribution in [1.82, 2.24) is 10.1 Å². The summed E-state index contributed by atoms with van der Waals surface area (Å²) >= 11 is 3.84. The molecule has 3 unspecified atom stereocenters. The van der Waals surface area contributed by atoms with Gasteiger partial charge in [-0.2, -0.15) is 16.7 Å². The Bertz CT molecular complexity index is 644. The highest BCUT2D eigenvalue weighted by Gasteiger charge is 2.30. The molecule has 0 saturated carbocycles. The van der Waals surface area contributed by atoms with E-state index in [9.17, 15) is 5.11 Å². The third kappa shape index (κ3) is 3.06. The van der Waals surface area contributed by atoms with E-state index in [4.69, 9.17) is 4.52 Å². The summed E-state index contributed by atoms with van der Waals surface area (Å²) in [5.41, 5.74) is 1.65. The minimum absolute atomic E-state index is 0.170. The van der Waals surface area contributed by atoms with Crippen molar-refractivity contribution in [2.75, 3.05) is 5.75 Å². The number of aromatic nitrogens is 2. The first-order valence-corrected chi connectivity index (χ1v) is 8.94. The molecule has 112 valence electrons. The van der Waals surface area contributed by atoms with Gasteiger partial charge in [0.2, 0.25) is 0 Å². The highest BCUT2D eigenvalue weighted by Crippen LogP contribution is 2.43. The van der Waals surface area contributed by atoms with E-state index in [-0.39, 0.29) is 11.0 Å². The van der Waals surface area contributed by atoms with Crippen LogP contribution >= 0.6 is 23.5 Å². The van der Waals surface area contributed by atoms with Crippen LogP contribution in [0.4, 0.5) is 0 Å². The molecule has 4 nitrogen and oxygen atoms in total. The van der Waals surface area contributed by atoms with Crippen molar-refractivity contribution in [2.45, 2.75) is 36.5 Å². The second-order valence-corrected chi connectivity index (χ2v) is 8.34. The van der Waals surface area contributed by atoms with Crippen molar-refractivity contribution < 1.29 is 9.63 Å². The maximum atomic E-state index is 9.95. The molecule has 1 N–H and O–H groups in total. The molecule has 1 aliphatic heterocycles. The second kappa shape index (κ2) is 5.93. The maximum absolute atomic E-state index is 9.95. The molecule has 21 heavy (non-hydrogen) atoms. The van der Waals surface area contributed by atoms with Crippen LogP contribution in [0.3, 0.4) is 0 Å². The first-order chi connectivity index (χ1) is 10.0. The molecule has 3 rings (SSSR count). The molecule has 1 aromatic carbocycles. The molecule has 2 heterocycles. The topological polar surface area (TPSA) is 59.2 Å². The monoisotopic (exact) mass is 322 g/mol. The van der Waals surface area contributed by atoms with Gasteiger partial charge in [-0.15, -0.1) is 11.8 Å².